The van der Waals surface area contributed by atoms with Crippen molar-refractivity contribution in [3.05, 3.63) is 0 Å². The molecular formula is C19H32N4O4S. The van der Waals surface area contributed by atoms with Crippen LogP contribution in [-0.2, 0) is 9.53 Å². The normalized spacial score (nSPS) is 23.6. The highest BCUT2D eigenvalue weighted by Crippen LogP contribution is 2.39. The lowest BCUT2D eigenvalue weighted by atomic mass is 9.80. The third-order valence-electron chi connectivity index (χ3n) is 5.74. The van der Waals surface area contributed by atoms with Crippen molar-refractivity contribution in [1.82, 2.24) is 13.8 Å². The highest BCUT2D eigenvalue weighted by molar-refractivity contribution is 6.99. The zero-order valence-corrected chi connectivity index (χ0v) is 18.3. The highest BCUT2D eigenvalue weighted by Gasteiger charge is 2.46. The Kier molecular flexibility index (Phi) is 6.17. The molecule has 3 heterocycles. The van der Waals surface area contributed by atoms with Crippen LogP contribution >= 0.6 is 11.7 Å². The maximum absolute atomic E-state index is 12.0. The Morgan fingerprint density at radius 3 is 2.36 bits per heavy atom. The smallest absolute Gasteiger partial charge is 0.309 e. The van der Waals surface area contributed by atoms with Gasteiger partial charge in [0.15, 0.2) is 0 Å². The summed E-state index contributed by atoms with van der Waals surface area (Å²) in [6.07, 6.45) is 2.86. The number of aromatic nitrogens is 2. The molecule has 0 aliphatic carbocycles. The minimum atomic E-state index is -0.381. The number of rotatable bonds is 5. The number of esters is 1. The third-order valence-corrected chi connectivity index (χ3v) is 6.24. The van der Waals surface area contributed by atoms with Gasteiger partial charge >= 0.3 is 5.97 Å². The van der Waals surface area contributed by atoms with Crippen molar-refractivity contribution >= 4 is 23.5 Å². The van der Waals surface area contributed by atoms with E-state index in [1.165, 1.54) is 5.06 Å². The van der Waals surface area contributed by atoms with E-state index in [-0.39, 0.29) is 29.1 Å². The quantitative estimate of drug-likeness (QED) is 0.738. The molecule has 0 radical (unpaired) electrons. The van der Waals surface area contributed by atoms with Crippen molar-refractivity contribution in [3.63, 3.8) is 0 Å². The van der Waals surface area contributed by atoms with Gasteiger partial charge in [0, 0.05) is 37.0 Å². The zero-order valence-electron chi connectivity index (χ0n) is 17.5. The van der Waals surface area contributed by atoms with Crippen molar-refractivity contribution in [2.24, 2.45) is 5.92 Å². The second-order valence-electron chi connectivity index (χ2n) is 8.99. The number of anilines is 1. The topological polar surface area (TPSA) is 88.0 Å². The number of ether oxygens (including phenoxy) is 2. The summed E-state index contributed by atoms with van der Waals surface area (Å²) in [4.78, 5) is 14.1. The molecule has 2 aliphatic heterocycles. The van der Waals surface area contributed by atoms with E-state index in [2.05, 4.69) is 13.6 Å². The minimum absolute atomic E-state index is 0.0392. The van der Waals surface area contributed by atoms with Crippen molar-refractivity contribution in [2.45, 2.75) is 77.5 Å². The molecule has 2 aliphatic rings. The van der Waals surface area contributed by atoms with Crippen LogP contribution in [0.4, 0.5) is 5.82 Å². The first-order chi connectivity index (χ1) is 13.1. The van der Waals surface area contributed by atoms with Gasteiger partial charge in [0.1, 0.15) is 6.10 Å². The lowest BCUT2D eigenvalue weighted by molar-refractivity contribution is -0.255. The minimum Gasteiger partial charge on any atom is -0.471 e. The van der Waals surface area contributed by atoms with Crippen LogP contribution in [0.5, 0.6) is 5.88 Å². The standard InChI is InChI=1S/C19H32N4O4S/c1-6-26-17(24)13-7-9-22(10-8-13)15-16(21-28-20-15)27-14-11-18(2,3)23(25)19(4,5)12-14/h13-14,25H,6-12H2,1-5H3. The molecule has 1 aromatic rings. The molecule has 3 rings (SSSR count). The number of piperidine rings is 2. The summed E-state index contributed by atoms with van der Waals surface area (Å²) in [5, 5.41) is 11.9. The van der Waals surface area contributed by atoms with Crippen LogP contribution in [0.1, 0.15) is 60.3 Å². The Bertz CT molecular complexity index is 667. The summed E-state index contributed by atoms with van der Waals surface area (Å²) in [5.74, 6) is 1.18. The van der Waals surface area contributed by atoms with Crippen LogP contribution in [0.3, 0.4) is 0 Å². The second kappa shape index (κ2) is 8.12. The van der Waals surface area contributed by atoms with E-state index in [9.17, 15) is 10.0 Å². The summed E-state index contributed by atoms with van der Waals surface area (Å²) in [6.45, 7) is 11.8. The molecule has 0 amide bonds. The van der Waals surface area contributed by atoms with Gasteiger partial charge in [0.05, 0.1) is 24.3 Å². The van der Waals surface area contributed by atoms with E-state index in [1.807, 2.05) is 34.6 Å². The molecule has 0 spiro atoms. The average Bonchev–Trinajstić information content (AvgIpc) is 3.07. The van der Waals surface area contributed by atoms with E-state index < -0.39 is 0 Å². The first kappa shape index (κ1) is 21.3. The van der Waals surface area contributed by atoms with E-state index >= 15 is 0 Å². The van der Waals surface area contributed by atoms with Crippen LogP contribution in [0.2, 0.25) is 0 Å². The molecule has 0 atom stereocenters. The average molecular weight is 413 g/mol. The summed E-state index contributed by atoms with van der Waals surface area (Å²) in [7, 11) is 0. The monoisotopic (exact) mass is 412 g/mol. The van der Waals surface area contributed by atoms with Gasteiger partial charge in [-0.2, -0.15) is 9.44 Å². The predicted molar refractivity (Wildman–Crippen MR) is 107 cm³/mol. The first-order valence-electron chi connectivity index (χ1n) is 10.0. The molecule has 1 N–H and O–H groups in total. The molecule has 28 heavy (non-hydrogen) atoms. The SMILES string of the molecule is CCOC(=O)C1CCN(c2nsnc2OC2CC(C)(C)N(O)C(C)(C)C2)CC1. The van der Waals surface area contributed by atoms with Crippen molar-refractivity contribution < 1.29 is 19.5 Å². The lowest BCUT2D eigenvalue weighted by Crippen LogP contribution is -2.61. The fraction of sp³-hybridized carbons (Fsp3) is 0.842. The van der Waals surface area contributed by atoms with Crippen molar-refractivity contribution in [2.75, 3.05) is 24.6 Å². The number of carbonyl (C=O) groups is 1. The number of carbonyl (C=O) groups excluding carboxylic acids is 1. The third kappa shape index (κ3) is 4.41. The fourth-order valence-electron chi connectivity index (χ4n) is 4.45. The first-order valence-corrected chi connectivity index (χ1v) is 10.8. The molecule has 0 unspecified atom stereocenters. The molecule has 9 heteroatoms. The van der Waals surface area contributed by atoms with Gasteiger partial charge in [0.2, 0.25) is 5.82 Å². The van der Waals surface area contributed by atoms with Crippen LogP contribution in [-0.4, -0.2) is 61.9 Å². The molecular weight excluding hydrogens is 380 g/mol. The van der Waals surface area contributed by atoms with Gasteiger partial charge in [-0.25, -0.2) is 0 Å². The summed E-state index contributed by atoms with van der Waals surface area (Å²) >= 11 is 1.15. The molecule has 2 fully saturated rings. The van der Waals surface area contributed by atoms with Crippen molar-refractivity contribution in [3.8, 4) is 5.88 Å². The molecule has 0 saturated carbocycles. The zero-order chi connectivity index (χ0) is 20.5. The summed E-state index contributed by atoms with van der Waals surface area (Å²) in [6, 6.07) is 0. The maximum atomic E-state index is 12.0. The van der Waals surface area contributed by atoms with Gasteiger partial charge in [-0.15, -0.1) is 4.37 Å². The van der Waals surface area contributed by atoms with E-state index in [0.29, 0.717) is 25.3 Å². The number of hydroxylamine groups is 2. The Balaban J connectivity index is 1.64. The molecule has 8 nitrogen and oxygen atoms in total. The van der Waals surface area contributed by atoms with Crippen LogP contribution in [0.25, 0.3) is 0 Å². The number of hydrogen-bond donors (Lipinski definition) is 1. The largest absolute Gasteiger partial charge is 0.471 e. The number of hydrogen-bond acceptors (Lipinski definition) is 9. The maximum Gasteiger partial charge on any atom is 0.309 e. The fourth-order valence-corrected chi connectivity index (χ4v) is 4.96. The van der Waals surface area contributed by atoms with Crippen LogP contribution in [0, 0.1) is 5.92 Å². The molecule has 0 bridgehead atoms. The van der Waals surface area contributed by atoms with Gasteiger partial charge in [0.25, 0.3) is 5.88 Å². The Morgan fingerprint density at radius 2 is 1.79 bits per heavy atom. The van der Waals surface area contributed by atoms with Gasteiger partial charge in [-0.1, -0.05) is 0 Å². The van der Waals surface area contributed by atoms with Crippen LogP contribution in [0.15, 0.2) is 0 Å². The Morgan fingerprint density at radius 1 is 1.18 bits per heavy atom. The van der Waals surface area contributed by atoms with Gasteiger partial charge < -0.3 is 19.6 Å². The summed E-state index contributed by atoms with van der Waals surface area (Å²) < 4.78 is 20.3. The Labute approximate surface area is 171 Å². The predicted octanol–water partition coefficient (Wildman–Crippen LogP) is 3.11. The van der Waals surface area contributed by atoms with Gasteiger partial charge in [-0.05, 0) is 47.5 Å². The van der Waals surface area contributed by atoms with E-state index in [4.69, 9.17) is 9.47 Å². The van der Waals surface area contributed by atoms with Crippen LogP contribution < -0.4 is 9.64 Å². The molecule has 1 aromatic heterocycles. The van der Waals surface area contributed by atoms with E-state index in [0.717, 1.165) is 43.5 Å². The molecule has 158 valence electrons. The second-order valence-corrected chi connectivity index (χ2v) is 9.52. The van der Waals surface area contributed by atoms with Crippen molar-refractivity contribution in [1.29, 1.82) is 0 Å². The molecule has 2 saturated heterocycles. The lowest BCUT2D eigenvalue weighted by Gasteiger charge is -2.51. The van der Waals surface area contributed by atoms with Gasteiger partial charge in [-0.3, -0.25) is 4.79 Å². The molecule has 0 aromatic carbocycles. The Hall–Kier alpha value is -1.45. The highest BCUT2D eigenvalue weighted by atomic mass is 32.1. The number of nitrogens with zero attached hydrogens (tertiary/aromatic N) is 4. The summed E-state index contributed by atoms with van der Waals surface area (Å²) in [5.41, 5.74) is -0.762. The van der Waals surface area contributed by atoms with E-state index in [1.54, 1.807) is 0 Å².